The number of nitrogens with zero attached hydrogens (tertiary/aromatic N) is 1. The number of hydrogen-bond acceptors (Lipinski definition) is 3. The van der Waals surface area contributed by atoms with Crippen molar-refractivity contribution < 1.29 is 4.74 Å². The maximum Gasteiger partial charge on any atom is 0.119 e. The van der Waals surface area contributed by atoms with Crippen molar-refractivity contribution in [2.45, 2.75) is 45.2 Å². The summed E-state index contributed by atoms with van der Waals surface area (Å²) < 4.78 is 5.68. The molecular weight excluding hydrogens is 248 g/mol. The van der Waals surface area contributed by atoms with E-state index in [1.165, 1.54) is 24.8 Å². The first-order valence-corrected chi connectivity index (χ1v) is 7.91. The van der Waals surface area contributed by atoms with E-state index >= 15 is 0 Å². The molecule has 1 aliphatic rings. The number of unbranched alkanes of at least 4 members (excludes halogenated alkanes) is 1. The lowest BCUT2D eigenvalue weighted by Gasteiger charge is -2.17. The van der Waals surface area contributed by atoms with Gasteiger partial charge in [0.15, 0.2) is 0 Å². The highest BCUT2D eigenvalue weighted by Crippen LogP contribution is 2.18. The van der Waals surface area contributed by atoms with Crippen LogP contribution in [0, 0.1) is 0 Å². The van der Waals surface area contributed by atoms with Gasteiger partial charge >= 0.3 is 0 Å². The Labute approximate surface area is 123 Å². The number of ether oxygens (including phenoxy) is 1. The summed E-state index contributed by atoms with van der Waals surface area (Å²) in [6, 6.07) is 9.32. The molecule has 1 aromatic carbocycles. The average Bonchev–Trinajstić information content (AvgIpc) is 3.25. The van der Waals surface area contributed by atoms with Crippen LogP contribution in [0.2, 0.25) is 0 Å². The molecule has 2 rings (SSSR count). The van der Waals surface area contributed by atoms with Gasteiger partial charge in [-0.05, 0) is 44.0 Å². The Morgan fingerprint density at radius 1 is 1.25 bits per heavy atom. The van der Waals surface area contributed by atoms with Crippen molar-refractivity contribution in [1.29, 1.82) is 0 Å². The topological polar surface area (TPSA) is 24.5 Å². The molecule has 0 saturated heterocycles. The molecule has 0 amide bonds. The lowest BCUT2D eigenvalue weighted by Crippen LogP contribution is -2.30. The summed E-state index contributed by atoms with van der Waals surface area (Å²) in [6.45, 7) is 6.20. The Kier molecular flexibility index (Phi) is 6.34. The summed E-state index contributed by atoms with van der Waals surface area (Å²) in [6.07, 6.45) is 5.03. The van der Waals surface area contributed by atoms with E-state index in [-0.39, 0.29) is 0 Å². The molecule has 1 aliphatic carbocycles. The van der Waals surface area contributed by atoms with Crippen LogP contribution in [0.3, 0.4) is 0 Å². The third kappa shape index (κ3) is 5.93. The first kappa shape index (κ1) is 15.3. The van der Waals surface area contributed by atoms with E-state index in [0.717, 1.165) is 44.5 Å². The Hall–Kier alpha value is -1.06. The molecule has 0 radical (unpaired) electrons. The lowest BCUT2D eigenvalue weighted by atomic mass is 10.2. The maximum atomic E-state index is 5.68. The Bertz CT molecular complexity index is 373. The van der Waals surface area contributed by atoms with Crippen molar-refractivity contribution in [1.82, 2.24) is 10.2 Å². The van der Waals surface area contributed by atoms with Crippen LogP contribution in [0.4, 0.5) is 0 Å². The minimum atomic E-state index is 0.808. The van der Waals surface area contributed by atoms with Gasteiger partial charge < -0.3 is 15.0 Å². The van der Waals surface area contributed by atoms with E-state index in [4.69, 9.17) is 4.74 Å². The number of likely N-dealkylation sites (N-methyl/N-ethyl adjacent to an activating group) is 1. The molecule has 112 valence electrons. The fourth-order valence-electron chi connectivity index (χ4n) is 2.16. The predicted octanol–water partition coefficient (Wildman–Crippen LogP) is 3.05. The normalized spacial score (nSPS) is 14.8. The van der Waals surface area contributed by atoms with Crippen molar-refractivity contribution in [3.63, 3.8) is 0 Å². The molecule has 0 aromatic heterocycles. The highest BCUT2D eigenvalue weighted by molar-refractivity contribution is 5.27. The number of nitrogens with one attached hydrogen (secondary N) is 1. The molecule has 1 saturated carbocycles. The van der Waals surface area contributed by atoms with Crippen molar-refractivity contribution in [2.75, 3.05) is 26.7 Å². The van der Waals surface area contributed by atoms with Crippen molar-refractivity contribution >= 4 is 0 Å². The Morgan fingerprint density at radius 2 is 2.00 bits per heavy atom. The summed E-state index contributed by atoms with van der Waals surface area (Å²) >= 11 is 0. The fourth-order valence-corrected chi connectivity index (χ4v) is 2.16. The van der Waals surface area contributed by atoms with Crippen molar-refractivity contribution in [2.24, 2.45) is 0 Å². The van der Waals surface area contributed by atoms with Gasteiger partial charge in [0.2, 0.25) is 0 Å². The Morgan fingerprint density at radius 3 is 2.65 bits per heavy atom. The second kappa shape index (κ2) is 8.28. The molecule has 1 aromatic rings. The van der Waals surface area contributed by atoms with Gasteiger partial charge in [-0.25, -0.2) is 0 Å². The predicted molar refractivity (Wildman–Crippen MR) is 84.2 cm³/mol. The first-order chi connectivity index (χ1) is 9.78. The quantitative estimate of drug-likeness (QED) is 0.665. The summed E-state index contributed by atoms with van der Waals surface area (Å²) in [5.74, 6) is 0.986. The van der Waals surface area contributed by atoms with Gasteiger partial charge in [-0.15, -0.1) is 0 Å². The molecular formula is C17H28N2O. The number of rotatable bonds is 10. The third-order valence-corrected chi connectivity index (χ3v) is 3.65. The zero-order chi connectivity index (χ0) is 14.2. The van der Waals surface area contributed by atoms with Crippen LogP contribution in [-0.2, 0) is 6.54 Å². The molecule has 1 fully saturated rings. The average molecular weight is 276 g/mol. The Balaban J connectivity index is 1.66. The smallest absolute Gasteiger partial charge is 0.119 e. The van der Waals surface area contributed by atoms with Crippen LogP contribution in [-0.4, -0.2) is 37.7 Å². The SMILES string of the molecule is CCCCOc1ccc(CN(C)CCNC2CC2)cc1. The summed E-state index contributed by atoms with van der Waals surface area (Å²) in [5, 5.41) is 3.55. The fraction of sp³-hybridized carbons (Fsp3) is 0.647. The molecule has 0 atom stereocenters. The van der Waals surface area contributed by atoms with Gasteiger partial charge in [0.1, 0.15) is 5.75 Å². The monoisotopic (exact) mass is 276 g/mol. The highest BCUT2D eigenvalue weighted by atomic mass is 16.5. The van der Waals surface area contributed by atoms with Gasteiger partial charge in [-0.3, -0.25) is 0 Å². The highest BCUT2D eigenvalue weighted by Gasteiger charge is 2.19. The number of hydrogen-bond donors (Lipinski definition) is 1. The zero-order valence-electron chi connectivity index (χ0n) is 12.9. The van der Waals surface area contributed by atoms with Gasteiger partial charge in [0, 0.05) is 25.7 Å². The standard InChI is InChI=1S/C17H28N2O/c1-3-4-13-20-17-9-5-15(6-10-17)14-19(2)12-11-18-16-7-8-16/h5-6,9-10,16,18H,3-4,7-8,11-14H2,1-2H3. The molecule has 3 nitrogen and oxygen atoms in total. The zero-order valence-corrected chi connectivity index (χ0v) is 12.9. The summed E-state index contributed by atoms with van der Waals surface area (Å²) in [7, 11) is 2.18. The molecule has 0 spiro atoms. The van der Waals surface area contributed by atoms with Crippen LogP contribution in [0.5, 0.6) is 5.75 Å². The van der Waals surface area contributed by atoms with E-state index in [1.807, 2.05) is 0 Å². The minimum Gasteiger partial charge on any atom is -0.494 e. The molecule has 1 N–H and O–H groups in total. The van der Waals surface area contributed by atoms with E-state index in [1.54, 1.807) is 0 Å². The van der Waals surface area contributed by atoms with E-state index in [9.17, 15) is 0 Å². The van der Waals surface area contributed by atoms with Crippen LogP contribution in [0.1, 0.15) is 38.2 Å². The molecule has 3 heteroatoms. The molecule has 0 bridgehead atoms. The lowest BCUT2D eigenvalue weighted by molar-refractivity contribution is 0.308. The van der Waals surface area contributed by atoms with Gasteiger partial charge in [-0.1, -0.05) is 25.5 Å². The van der Waals surface area contributed by atoms with Crippen molar-refractivity contribution in [3.8, 4) is 5.75 Å². The third-order valence-electron chi connectivity index (χ3n) is 3.65. The minimum absolute atomic E-state index is 0.808. The summed E-state index contributed by atoms with van der Waals surface area (Å²) in [4.78, 5) is 2.36. The van der Waals surface area contributed by atoms with E-state index in [0.29, 0.717) is 0 Å². The second-order valence-electron chi connectivity index (χ2n) is 5.81. The molecule has 0 heterocycles. The second-order valence-corrected chi connectivity index (χ2v) is 5.81. The first-order valence-electron chi connectivity index (χ1n) is 7.91. The van der Waals surface area contributed by atoms with Gasteiger partial charge in [0.25, 0.3) is 0 Å². The molecule has 20 heavy (non-hydrogen) atoms. The molecule has 0 aliphatic heterocycles. The maximum absolute atomic E-state index is 5.68. The molecule has 0 unspecified atom stereocenters. The van der Waals surface area contributed by atoms with E-state index in [2.05, 4.69) is 48.5 Å². The van der Waals surface area contributed by atoms with Gasteiger partial charge in [0.05, 0.1) is 6.61 Å². The summed E-state index contributed by atoms with van der Waals surface area (Å²) in [5.41, 5.74) is 1.35. The van der Waals surface area contributed by atoms with Crippen LogP contribution in [0.15, 0.2) is 24.3 Å². The number of benzene rings is 1. The van der Waals surface area contributed by atoms with Crippen LogP contribution >= 0.6 is 0 Å². The van der Waals surface area contributed by atoms with Crippen LogP contribution < -0.4 is 10.1 Å². The van der Waals surface area contributed by atoms with E-state index < -0.39 is 0 Å². The van der Waals surface area contributed by atoms with Crippen molar-refractivity contribution in [3.05, 3.63) is 29.8 Å². The largest absolute Gasteiger partial charge is 0.494 e. The van der Waals surface area contributed by atoms with Crippen LogP contribution in [0.25, 0.3) is 0 Å². The van der Waals surface area contributed by atoms with Gasteiger partial charge in [-0.2, -0.15) is 0 Å².